The first kappa shape index (κ1) is 19.2. The van der Waals surface area contributed by atoms with Crippen molar-refractivity contribution >= 4 is 0 Å². The lowest BCUT2D eigenvalue weighted by atomic mass is 9.81. The number of nitrogens with zero attached hydrogens (tertiary/aromatic N) is 1. The first-order valence-corrected chi connectivity index (χ1v) is 8.38. The van der Waals surface area contributed by atoms with Gasteiger partial charge in [0.1, 0.15) is 11.6 Å². The zero-order valence-electron chi connectivity index (χ0n) is 14.5. The molecule has 0 saturated carbocycles. The fraction of sp³-hybridized carbons (Fsp3) is 0.667. The summed E-state index contributed by atoms with van der Waals surface area (Å²) in [6.07, 6.45) is -0.838. The van der Waals surface area contributed by atoms with E-state index in [4.69, 9.17) is 0 Å². The van der Waals surface area contributed by atoms with Crippen LogP contribution in [-0.4, -0.2) is 37.0 Å². The van der Waals surface area contributed by atoms with Crippen LogP contribution >= 0.6 is 0 Å². The fourth-order valence-electron chi connectivity index (χ4n) is 3.25. The van der Waals surface area contributed by atoms with E-state index in [1.54, 1.807) is 4.90 Å². The van der Waals surface area contributed by atoms with Crippen molar-refractivity contribution in [2.45, 2.75) is 52.1 Å². The van der Waals surface area contributed by atoms with Gasteiger partial charge in [0, 0.05) is 23.7 Å². The topological polar surface area (TPSA) is 15.3 Å². The summed E-state index contributed by atoms with van der Waals surface area (Å²) in [6, 6.07) is 3.52. The second-order valence-electron chi connectivity index (χ2n) is 7.60. The van der Waals surface area contributed by atoms with Crippen molar-refractivity contribution in [3.8, 4) is 0 Å². The Bertz CT molecular complexity index is 534. The maximum absolute atomic E-state index is 14.2. The van der Waals surface area contributed by atoms with Crippen molar-refractivity contribution < 1.29 is 17.6 Å². The number of hydrogen-bond donors (Lipinski definition) is 1. The van der Waals surface area contributed by atoms with Crippen LogP contribution in [0.25, 0.3) is 0 Å². The van der Waals surface area contributed by atoms with E-state index >= 15 is 0 Å². The second-order valence-corrected chi connectivity index (χ2v) is 7.60. The van der Waals surface area contributed by atoms with E-state index in [0.717, 1.165) is 18.9 Å². The highest BCUT2D eigenvalue weighted by molar-refractivity contribution is 5.24. The average Bonchev–Trinajstić information content (AvgIpc) is 2.45. The van der Waals surface area contributed by atoms with E-state index in [1.807, 2.05) is 20.8 Å². The number of piperidine rings is 1. The van der Waals surface area contributed by atoms with Crippen LogP contribution in [-0.2, 0) is 0 Å². The van der Waals surface area contributed by atoms with E-state index in [0.29, 0.717) is 18.7 Å². The van der Waals surface area contributed by atoms with Crippen molar-refractivity contribution in [1.82, 2.24) is 10.2 Å². The number of nitrogens with one attached hydrogen (secondary N) is 1. The van der Waals surface area contributed by atoms with Crippen molar-refractivity contribution in [2.24, 2.45) is 5.41 Å². The Hall–Kier alpha value is -1.14. The highest BCUT2D eigenvalue weighted by atomic mass is 19.3. The lowest BCUT2D eigenvalue weighted by molar-refractivity contribution is 0.0697. The summed E-state index contributed by atoms with van der Waals surface area (Å²) in [5, 5.41) is 3.47. The lowest BCUT2D eigenvalue weighted by Crippen LogP contribution is -2.47. The summed E-state index contributed by atoms with van der Waals surface area (Å²) in [6.45, 7) is 7.01. The predicted molar refractivity (Wildman–Crippen MR) is 87.2 cm³/mol. The van der Waals surface area contributed by atoms with Gasteiger partial charge in [-0.3, -0.25) is 4.90 Å². The molecule has 0 bridgehead atoms. The predicted octanol–water partition coefficient (Wildman–Crippen LogP) is 4.37. The van der Waals surface area contributed by atoms with Gasteiger partial charge in [-0.2, -0.15) is 0 Å². The van der Waals surface area contributed by atoms with Gasteiger partial charge in [-0.1, -0.05) is 26.8 Å². The molecule has 6 heteroatoms. The highest BCUT2D eigenvalue weighted by Crippen LogP contribution is 2.35. The molecule has 1 atom stereocenters. The van der Waals surface area contributed by atoms with Crippen molar-refractivity contribution in [2.75, 3.05) is 19.6 Å². The molecule has 136 valence electrons. The highest BCUT2D eigenvalue weighted by Gasteiger charge is 2.32. The van der Waals surface area contributed by atoms with Gasteiger partial charge in [-0.05, 0) is 37.4 Å². The van der Waals surface area contributed by atoms with Gasteiger partial charge in [0.05, 0.1) is 6.54 Å². The summed E-state index contributed by atoms with van der Waals surface area (Å²) in [7, 11) is 0. The Labute approximate surface area is 141 Å². The summed E-state index contributed by atoms with van der Waals surface area (Å²) in [5.41, 5.74) is 0.178. The Morgan fingerprint density at radius 3 is 2.29 bits per heavy atom. The Morgan fingerprint density at radius 2 is 1.79 bits per heavy atom. The van der Waals surface area contributed by atoms with E-state index in [9.17, 15) is 17.6 Å². The molecule has 1 aromatic rings. The third kappa shape index (κ3) is 5.18. The molecule has 0 aliphatic carbocycles. The molecule has 2 nitrogen and oxygen atoms in total. The lowest BCUT2D eigenvalue weighted by Gasteiger charge is -2.39. The Morgan fingerprint density at radius 1 is 1.17 bits per heavy atom. The summed E-state index contributed by atoms with van der Waals surface area (Å²) in [5.74, 6) is -1.15. The molecule has 0 radical (unpaired) electrons. The largest absolute Gasteiger partial charge is 0.306 e. The van der Waals surface area contributed by atoms with Crippen LogP contribution in [0.5, 0.6) is 0 Å². The average molecular weight is 346 g/mol. The number of hydrogen-bond acceptors (Lipinski definition) is 2. The molecule has 1 N–H and O–H groups in total. The summed E-state index contributed by atoms with van der Waals surface area (Å²) >= 11 is 0. The first-order chi connectivity index (χ1) is 11.2. The zero-order valence-corrected chi connectivity index (χ0v) is 14.5. The SMILES string of the molecule is CC(C)(C)[C@@H](NC1CCN(CC(F)F)CC1)c1ccc(F)cc1F. The van der Waals surface area contributed by atoms with Gasteiger partial charge < -0.3 is 5.32 Å². The van der Waals surface area contributed by atoms with Crippen molar-refractivity contribution in [3.05, 3.63) is 35.4 Å². The number of halogens is 4. The van der Waals surface area contributed by atoms with Crippen LogP contribution in [0, 0.1) is 17.0 Å². The van der Waals surface area contributed by atoms with E-state index in [1.165, 1.54) is 12.1 Å². The van der Waals surface area contributed by atoms with Crippen LogP contribution in [0.4, 0.5) is 17.6 Å². The number of alkyl halides is 2. The first-order valence-electron chi connectivity index (χ1n) is 8.38. The monoisotopic (exact) mass is 346 g/mol. The molecule has 0 spiro atoms. The Kier molecular flexibility index (Phi) is 6.26. The maximum atomic E-state index is 14.2. The molecule has 1 aliphatic rings. The minimum atomic E-state index is -2.31. The van der Waals surface area contributed by atoms with E-state index in [2.05, 4.69) is 5.32 Å². The third-order valence-corrected chi connectivity index (χ3v) is 4.53. The molecule has 2 rings (SSSR count). The van der Waals surface area contributed by atoms with Gasteiger partial charge >= 0.3 is 0 Å². The van der Waals surface area contributed by atoms with E-state index < -0.39 is 18.1 Å². The molecular formula is C18H26F4N2. The minimum absolute atomic E-state index is 0.132. The fourth-order valence-corrected chi connectivity index (χ4v) is 3.25. The van der Waals surface area contributed by atoms with Gasteiger partial charge in [0.15, 0.2) is 0 Å². The van der Waals surface area contributed by atoms with Crippen LogP contribution in [0.2, 0.25) is 0 Å². The third-order valence-electron chi connectivity index (χ3n) is 4.53. The molecule has 0 aromatic heterocycles. The normalized spacial score (nSPS) is 19.0. The molecule has 1 fully saturated rings. The number of benzene rings is 1. The standard InChI is InChI=1S/C18H26F4N2/c1-18(2,3)17(14-5-4-12(19)10-15(14)20)23-13-6-8-24(9-7-13)11-16(21)22/h4-5,10,13,16-17,23H,6-9,11H2,1-3H3/t17-/m0/s1. The molecule has 1 heterocycles. The van der Waals surface area contributed by atoms with Crippen LogP contribution < -0.4 is 5.32 Å². The smallest absolute Gasteiger partial charge is 0.251 e. The quantitative estimate of drug-likeness (QED) is 0.797. The van der Waals surface area contributed by atoms with Gasteiger partial charge in [0.2, 0.25) is 0 Å². The van der Waals surface area contributed by atoms with E-state index in [-0.39, 0.29) is 24.0 Å². The summed E-state index contributed by atoms with van der Waals surface area (Å²) < 4.78 is 52.3. The van der Waals surface area contributed by atoms with Gasteiger partial charge in [-0.25, -0.2) is 17.6 Å². The number of likely N-dealkylation sites (tertiary alicyclic amines) is 1. The van der Waals surface area contributed by atoms with Crippen LogP contribution in [0.15, 0.2) is 18.2 Å². The molecule has 24 heavy (non-hydrogen) atoms. The summed E-state index contributed by atoms with van der Waals surface area (Å²) in [4.78, 5) is 1.76. The second kappa shape index (κ2) is 7.83. The molecule has 1 aromatic carbocycles. The van der Waals surface area contributed by atoms with Crippen LogP contribution in [0.1, 0.15) is 45.2 Å². The molecule has 0 unspecified atom stereocenters. The zero-order chi connectivity index (χ0) is 17.9. The minimum Gasteiger partial charge on any atom is -0.306 e. The molecule has 0 amide bonds. The van der Waals surface area contributed by atoms with Gasteiger partial charge in [-0.15, -0.1) is 0 Å². The van der Waals surface area contributed by atoms with Crippen molar-refractivity contribution in [1.29, 1.82) is 0 Å². The van der Waals surface area contributed by atoms with Gasteiger partial charge in [0.25, 0.3) is 6.43 Å². The number of rotatable bonds is 5. The van der Waals surface area contributed by atoms with Crippen LogP contribution in [0.3, 0.4) is 0 Å². The maximum Gasteiger partial charge on any atom is 0.251 e. The Balaban J connectivity index is 2.06. The van der Waals surface area contributed by atoms with Crippen molar-refractivity contribution in [3.63, 3.8) is 0 Å². The molecule has 1 aliphatic heterocycles. The molecular weight excluding hydrogens is 320 g/mol. The molecule has 1 saturated heterocycles.